The fourth-order valence-electron chi connectivity index (χ4n) is 10.9. The number of fused-ring (bicyclic) bond motifs is 4. The molecule has 3 aliphatic heterocycles. The number of carbonyl (C=O) groups is 1. The first kappa shape index (κ1) is 52.2. The van der Waals surface area contributed by atoms with Crippen LogP contribution in [0.15, 0.2) is 205 Å². The van der Waals surface area contributed by atoms with E-state index >= 15 is 4.79 Å². The number of amides is 1. The Balaban J connectivity index is 1.15. The average molecular weight is 1060 g/mol. The van der Waals surface area contributed by atoms with Crippen LogP contribution < -0.4 is 20.5 Å². The number of hydrogen-bond donors (Lipinski definition) is 1. The van der Waals surface area contributed by atoms with Gasteiger partial charge in [0.2, 0.25) is 0 Å². The molecule has 15 heteroatoms. The van der Waals surface area contributed by atoms with Gasteiger partial charge in [-0.15, -0.1) is 0 Å². The summed E-state index contributed by atoms with van der Waals surface area (Å²) in [5, 5.41) is 12.4. The minimum Gasteiger partial charge on any atom is -0.457 e. The summed E-state index contributed by atoms with van der Waals surface area (Å²) in [7, 11) is -1.82. The van der Waals surface area contributed by atoms with Crippen molar-refractivity contribution in [2.24, 2.45) is 0 Å². The maximum atomic E-state index is 15.0. The lowest BCUT2D eigenvalue weighted by Crippen LogP contribution is -2.50. The lowest BCUT2D eigenvalue weighted by Gasteiger charge is -2.46. The van der Waals surface area contributed by atoms with E-state index in [1.807, 2.05) is 164 Å². The topological polar surface area (TPSA) is 156 Å². The first-order valence-corrected chi connectivity index (χ1v) is 27.3. The maximum Gasteiger partial charge on any atom is 0.351 e. The monoisotopic (exact) mass is 1060 g/mol. The Morgan fingerprint density at radius 1 is 0.641 bits per heavy atom. The Morgan fingerprint density at radius 2 is 1.09 bits per heavy atom. The van der Waals surface area contributed by atoms with Crippen molar-refractivity contribution in [2.75, 3.05) is 18.5 Å². The van der Waals surface area contributed by atoms with Gasteiger partial charge in [-0.05, 0) is 81.3 Å². The van der Waals surface area contributed by atoms with E-state index in [1.165, 1.54) is 4.57 Å². The van der Waals surface area contributed by atoms with E-state index in [0.29, 0.717) is 39.7 Å². The average Bonchev–Trinajstić information content (AvgIpc) is 3.97. The maximum absolute atomic E-state index is 15.0. The molecule has 0 bridgehead atoms. The van der Waals surface area contributed by atoms with Gasteiger partial charge in [0.1, 0.15) is 47.1 Å². The lowest BCUT2D eigenvalue weighted by molar-refractivity contribution is -0.158. The molecule has 1 saturated heterocycles. The van der Waals surface area contributed by atoms with Gasteiger partial charge in [0.15, 0.2) is 17.4 Å². The van der Waals surface area contributed by atoms with Crippen LogP contribution in [0.2, 0.25) is 0 Å². The Bertz CT molecular complexity index is 3400. The molecule has 1 fully saturated rings. The van der Waals surface area contributed by atoms with Gasteiger partial charge in [-0.1, -0.05) is 152 Å². The highest BCUT2D eigenvalue weighted by molar-refractivity contribution is 7.44. The van der Waals surface area contributed by atoms with Crippen LogP contribution in [0, 0.1) is 11.3 Å². The second-order valence-corrected chi connectivity index (χ2v) is 21.1. The number of carbonyl (C=O) groups excluding carboxylic acids is 1. The Labute approximate surface area is 454 Å². The van der Waals surface area contributed by atoms with Crippen LogP contribution in [0.4, 0.5) is 5.82 Å². The largest absolute Gasteiger partial charge is 0.457 e. The Kier molecular flexibility index (Phi) is 15.2. The second kappa shape index (κ2) is 22.6. The molecule has 394 valence electrons. The van der Waals surface area contributed by atoms with Crippen molar-refractivity contribution in [3.05, 3.63) is 250 Å². The summed E-state index contributed by atoms with van der Waals surface area (Å²) in [6.45, 7) is 8.31. The highest BCUT2D eigenvalue weighted by Gasteiger charge is 2.59. The van der Waals surface area contributed by atoms with Gasteiger partial charge in [-0.2, -0.15) is 10.2 Å². The highest BCUT2D eigenvalue weighted by atomic mass is 31.2. The van der Waals surface area contributed by atoms with Crippen LogP contribution in [0.5, 0.6) is 23.0 Å². The van der Waals surface area contributed by atoms with E-state index in [1.54, 1.807) is 36.5 Å². The molecule has 5 atom stereocenters. The smallest absolute Gasteiger partial charge is 0.351 e. The summed E-state index contributed by atoms with van der Waals surface area (Å²) < 4.78 is 54.2. The van der Waals surface area contributed by atoms with Gasteiger partial charge in [-0.3, -0.25) is 9.36 Å². The van der Waals surface area contributed by atoms with Gasteiger partial charge in [0, 0.05) is 46.1 Å². The van der Waals surface area contributed by atoms with Crippen LogP contribution in [0.1, 0.15) is 84.1 Å². The predicted octanol–water partition coefficient (Wildman–Crippen LogP) is 12.7. The second-order valence-electron chi connectivity index (χ2n) is 19.7. The van der Waals surface area contributed by atoms with E-state index in [-0.39, 0.29) is 37.5 Å². The van der Waals surface area contributed by atoms with Crippen LogP contribution >= 0.6 is 8.53 Å². The summed E-state index contributed by atoms with van der Waals surface area (Å²) in [6, 6.07) is 63.6. The quantitative estimate of drug-likeness (QED) is 0.0642. The summed E-state index contributed by atoms with van der Waals surface area (Å²) in [4.78, 5) is 32.9. The molecule has 11 rings (SSSR count). The molecule has 7 aromatic carbocycles. The van der Waals surface area contributed by atoms with E-state index in [0.717, 1.165) is 22.3 Å². The molecule has 0 radical (unpaired) electrons. The Hall–Kier alpha value is -7.83. The van der Waals surface area contributed by atoms with Gasteiger partial charge in [0.25, 0.3) is 14.4 Å². The number of nitrogens with zero attached hydrogens (tertiary/aromatic N) is 4. The fourth-order valence-corrected chi connectivity index (χ4v) is 12.5. The number of aromatic nitrogens is 2. The highest BCUT2D eigenvalue weighted by Crippen LogP contribution is 2.58. The zero-order valence-corrected chi connectivity index (χ0v) is 44.4. The minimum atomic E-state index is -1.82. The number of nitrogens with one attached hydrogen (secondary N) is 1. The van der Waals surface area contributed by atoms with Gasteiger partial charge >= 0.3 is 5.69 Å². The number of nitriles is 1. The number of ether oxygens (including phenoxy) is 5. The lowest BCUT2D eigenvalue weighted by atomic mass is 9.77. The molecule has 1 aromatic heterocycles. The predicted molar refractivity (Wildman–Crippen MR) is 296 cm³/mol. The molecule has 14 nitrogen and oxygen atoms in total. The molecule has 3 aliphatic rings. The van der Waals surface area contributed by atoms with Crippen LogP contribution in [0.25, 0.3) is 0 Å². The summed E-state index contributed by atoms with van der Waals surface area (Å²) in [6.07, 6.45) is -2.91. The van der Waals surface area contributed by atoms with Gasteiger partial charge < -0.3 is 38.0 Å². The molecule has 1 amide bonds. The molecular formula is C63H58N5O9P. The number of benzene rings is 7. The normalized spacial score (nSPS) is 18.8. The molecule has 78 heavy (non-hydrogen) atoms. The Morgan fingerprint density at radius 3 is 1.55 bits per heavy atom. The number of para-hydroxylation sites is 4. The zero-order valence-electron chi connectivity index (χ0n) is 43.5. The number of anilines is 1. The first-order valence-electron chi connectivity index (χ1n) is 26.1. The molecular weight excluding hydrogens is 1000 g/mol. The summed E-state index contributed by atoms with van der Waals surface area (Å²) in [5.41, 5.74) is 1.23. The minimum absolute atomic E-state index is 0.0138. The van der Waals surface area contributed by atoms with Crippen molar-refractivity contribution in [1.29, 1.82) is 5.26 Å². The number of rotatable bonds is 18. The van der Waals surface area contributed by atoms with Crippen molar-refractivity contribution >= 4 is 20.3 Å². The molecule has 8 aromatic rings. The third kappa shape index (κ3) is 9.80. The van der Waals surface area contributed by atoms with Crippen LogP contribution in [0.3, 0.4) is 0 Å². The number of hydrogen-bond acceptors (Lipinski definition) is 12. The molecule has 0 saturated carbocycles. The van der Waals surface area contributed by atoms with Crippen molar-refractivity contribution in [3.8, 4) is 29.1 Å². The van der Waals surface area contributed by atoms with Crippen molar-refractivity contribution in [3.63, 3.8) is 0 Å². The molecule has 1 unspecified atom stereocenters. The van der Waals surface area contributed by atoms with Crippen molar-refractivity contribution < 1.29 is 37.5 Å². The molecule has 1 N–H and O–H groups in total. The first-order chi connectivity index (χ1) is 38.1. The third-order valence-electron chi connectivity index (χ3n) is 14.2. The SMILES string of the molecule is CC(C)N(C(C)C)P(OCCC#N)OC[C@H]1O[C@@H](n2ccc(NC(=O)c3ccccc3)nc2=O)[C@H](OC2(c3ccccc3)c3ccccc3Oc3ccccc32)[C@@H]1OC1(c2ccccc2)c2ccccc2Oc2ccccc21. The fraction of sp³-hybridized carbons (Fsp3) is 0.238. The van der Waals surface area contributed by atoms with E-state index in [9.17, 15) is 10.1 Å². The van der Waals surface area contributed by atoms with E-state index in [4.69, 9.17) is 32.7 Å². The molecule has 4 heterocycles. The van der Waals surface area contributed by atoms with Crippen LogP contribution in [-0.4, -0.2) is 63.7 Å². The van der Waals surface area contributed by atoms with Gasteiger partial charge in [-0.25, -0.2) is 9.46 Å². The van der Waals surface area contributed by atoms with Crippen molar-refractivity contribution in [1.82, 2.24) is 14.2 Å². The van der Waals surface area contributed by atoms with Crippen molar-refractivity contribution in [2.45, 2.75) is 81.9 Å². The van der Waals surface area contributed by atoms with E-state index in [2.05, 4.69) is 48.7 Å². The van der Waals surface area contributed by atoms with Crippen LogP contribution in [-0.2, 0) is 34.5 Å². The zero-order chi connectivity index (χ0) is 53.8. The standard InChI is InChI=1S/C63H58N5O9P/c1-42(2)68(43(3)4)78(71-40-22-38-64)72-41-55-57(76-62(45-25-10-6-11-26-45)47-29-14-18-33-51(47)73-52-34-19-15-30-48(52)62)58(60(75-55)67-39-37-56(66-61(67)70)65-59(69)44-23-8-5-9-24-44)77-63(46-27-12-7-13-28-46)49-31-16-20-35-53(49)74-54-36-21-17-32-50(54)63/h5-21,23-37,39,42-43,55,57-58,60H,22,40-41H2,1-4H3,(H,65,66,69,70)/t55-,57-,58-,60-,78?/m1/s1. The summed E-state index contributed by atoms with van der Waals surface area (Å²) in [5.74, 6) is 1.92. The molecule has 0 aliphatic carbocycles. The van der Waals surface area contributed by atoms with E-state index < -0.39 is 55.9 Å². The third-order valence-corrected chi connectivity index (χ3v) is 16.2. The summed E-state index contributed by atoms with van der Waals surface area (Å²) >= 11 is 0. The van der Waals surface area contributed by atoms with Gasteiger partial charge in [0.05, 0.1) is 25.7 Å². The molecule has 0 spiro atoms.